The van der Waals surface area contributed by atoms with Gasteiger partial charge in [0.2, 0.25) is 0 Å². The highest BCUT2D eigenvalue weighted by atomic mass is 19.4. The van der Waals surface area contributed by atoms with Crippen molar-refractivity contribution < 1.29 is 17.6 Å². The first-order valence-corrected chi connectivity index (χ1v) is 6.07. The molecule has 1 unspecified atom stereocenters. The van der Waals surface area contributed by atoms with Crippen LogP contribution in [-0.4, -0.2) is 6.18 Å². The van der Waals surface area contributed by atoms with Crippen LogP contribution in [0.5, 0.6) is 0 Å². The molecular formula is C16H10F4. The average molecular weight is 278 g/mol. The Hall–Kier alpha value is -2.10. The van der Waals surface area contributed by atoms with Gasteiger partial charge in [0.25, 0.3) is 0 Å². The van der Waals surface area contributed by atoms with Gasteiger partial charge < -0.3 is 0 Å². The Labute approximate surface area is 113 Å². The topological polar surface area (TPSA) is 0 Å². The predicted molar refractivity (Wildman–Crippen MR) is 68.6 cm³/mol. The molecule has 0 aromatic heterocycles. The van der Waals surface area contributed by atoms with Crippen molar-refractivity contribution in [3.8, 4) is 0 Å². The van der Waals surface area contributed by atoms with Gasteiger partial charge in [-0.1, -0.05) is 48.5 Å². The summed E-state index contributed by atoms with van der Waals surface area (Å²) in [4.78, 5) is 0. The van der Waals surface area contributed by atoms with Gasteiger partial charge in [-0.05, 0) is 28.8 Å². The van der Waals surface area contributed by atoms with Crippen LogP contribution >= 0.6 is 0 Å². The summed E-state index contributed by atoms with van der Waals surface area (Å²) in [6, 6.07) is 12.9. The molecule has 0 aliphatic heterocycles. The van der Waals surface area contributed by atoms with Gasteiger partial charge in [0, 0.05) is 0 Å². The lowest BCUT2D eigenvalue weighted by atomic mass is 9.87. The molecule has 0 saturated heterocycles. The van der Waals surface area contributed by atoms with E-state index in [2.05, 4.69) is 0 Å². The second-order valence-corrected chi connectivity index (χ2v) is 4.74. The quantitative estimate of drug-likeness (QED) is 0.697. The highest BCUT2D eigenvalue weighted by Crippen LogP contribution is 2.61. The molecule has 1 aliphatic carbocycles. The number of allylic oxidation sites excluding steroid dienone is 2. The van der Waals surface area contributed by atoms with Crippen LogP contribution in [0, 0.1) is 5.82 Å². The fraction of sp³-hybridized carbons (Fsp3) is 0.125. The molecule has 4 heteroatoms. The fourth-order valence-electron chi connectivity index (χ4n) is 2.46. The number of alkyl halides is 3. The lowest BCUT2D eigenvalue weighted by Gasteiger charge is -2.23. The Morgan fingerprint density at radius 2 is 1.40 bits per heavy atom. The van der Waals surface area contributed by atoms with Gasteiger partial charge >= 0.3 is 6.18 Å². The van der Waals surface area contributed by atoms with Crippen molar-refractivity contribution in [3.63, 3.8) is 0 Å². The summed E-state index contributed by atoms with van der Waals surface area (Å²) in [6.07, 6.45) is -3.24. The van der Waals surface area contributed by atoms with E-state index in [1.54, 1.807) is 30.3 Å². The van der Waals surface area contributed by atoms with Crippen LogP contribution in [0.3, 0.4) is 0 Å². The maximum Gasteiger partial charge on any atom is 0.405 e. The van der Waals surface area contributed by atoms with Crippen LogP contribution in [0.25, 0.3) is 5.57 Å². The average Bonchev–Trinajstić information content (AvgIpc) is 3.17. The number of hydrogen-bond acceptors (Lipinski definition) is 0. The van der Waals surface area contributed by atoms with E-state index < -0.39 is 17.4 Å². The van der Waals surface area contributed by atoms with Crippen molar-refractivity contribution in [2.75, 3.05) is 0 Å². The maximum atomic E-state index is 13.5. The van der Waals surface area contributed by atoms with Crippen LogP contribution in [-0.2, 0) is 5.41 Å². The third-order valence-electron chi connectivity index (χ3n) is 3.53. The molecule has 102 valence electrons. The van der Waals surface area contributed by atoms with Gasteiger partial charge in [0.05, 0.1) is 0 Å². The van der Waals surface area contributed by atoms with Crippen molar-refractivity contribution in [2.24, 2.45) is 0 Å². The number of halogens is 4. The molecule has 0 radical (unpaired) electrons. The van der Waals surface area contributed by atoms with Gasteiger partial charge in [-0.3, -0.25) is 0 Å². The van der Waals surface area contributed by atoms with Crippen LogP contribution in [0.2, 0.25) is 0 Å². The molecule has 2 aromatic rings. The van der Waals surface area contributed by atoms with E-state index >= 15 is 0 Å². The fourth-order valence-corrected chi connectivity index (χ4v) is 2.46. The van der Waals surface area contributed by atoms with E-state index in [0.717, 1.165) is 12.1 Å². The van der Waals surface area contributed by atoms with Crippen molar-refractivity contribution in [3.05, 3.63) is 77.6 Å². The van der Waals surface area contributed by atoms with Gasteiger partial charge in [-0.2, -0.15) is 13.2 Å². The van der Waals surface area contributed by atoms with E-state index in [1.165, 1.54) is 18.2 Å². The third kappa shape index (κ3) is 1.83. The zero-order valence-electron chi connectivity index (χ0n) is 10.3. The summed E-state index contributed by atoms with van der Waals surface area (Å²) in [7, 11) is 0. The van der Waals surface area contributed by atoms with E-state index in [4.69, 9.17) is 0 Å². The molecule has 20 heavy (non-hydrogen) atoms. The Morgan fingerprint density at radius 3 is 1.95 bits per heavy atom. The summed E-state index contributed by atoms with van der Waals surface area (Å²) < 4.78 is 53.3. The van der Waals surface area contributed by atoms with E-state index in [9.17, 15) is 17.6 Å². The largest absolute Gasteiger partial charge is 0.405 e. The van der Waals surface area contributed by atoms with Gasteiger partial charge in [0.15, 0.2) is 0 Å². The van der Waals surface area contributed by atoms with Crippen molar-refractivity contribution in [2.45, 2.75) is 11.6 Å². The van der Waals surface area contributed by atoms with E-state index in [-0.39, 0.29) is 11.1 Å². The molecule has 0 bridgehead atoms. The lowest BCUT2D eigenvalue weighted by molar-refractivity contribution is -0.151. The minimum absolute atomic E-state index is 0.0465. The Bertz CT molecular complexity index is 653. The molecule has 0 heterocycles. The molecule has 0 fully saturated rings. The normalized spacial score (nSPS) is 21.5. The summed E-state index contributed by atoms with van der Waals surface area (Å²) in [5, 5.41) is 0. The van der Waals surface area contributed by atoms with E-state index in [0.29, 0.717) is 5.56 Å². The summed E-state index contributed by atoms with van der Waals surface area (Å²) >= 11 is 0. The second-order valence-electron chi connectivity index (χ2n) is 4.74. The maximum absolute atomic E-state index is 13.5. The highest BCUT2D eigenvalue weighted by Gasteiger charge is 2.65. The zero-order chi connectivity index (χ0) is 14.4. The predicted octanol–water partition coefficient (Wildman–Crippen LogP) is 4.72. The van der Waals surface area contributed by atoms with Crippen LogP contribution in [0.1, 0.15) is 11.1 Å². The van der Waals surface area contributed by atoms with Gasteiger partial charge in [0.1, 0.15) is 11.2 Å². The molecule has 0 saturated carbocycles. The molecule has 0 amide bonds. The van der Waals surface area contributed by atoms with Crippen molar-refractivity contribution >= 4 is 5.57 Å². The molecule has 1 aliphatic rings. The van der Waals surface area contributed by atoms with Crippen LogP contribution in [0.4, 0.5) is 17.6 Å². The van der Waals surface area contributed by atoms with Crippen LogP contribution in [0.15, 0.2) is 60.7 Å². The smallest absolute Gasteiger partial charge is 0.207 e. The molecular weight excluding hydrogens is 268 g/mol. The van der Waals surface area contributed by atoms with Crippen molar-refractivity contribution in [1.82, 2.24) is 0 Å². The Balaban J connectivity index is 2.05. The van der Waals surface area contributed by atoms with Crippen molar-refractivity contribution in [1.29, 1.82) is 0 Å². The first kappa shape index (κ1) is 12.9. The monoisotopic (exact) mass is 278 g/mol. The number of hydrogen-bond donors (Lipinski definition) is 0. The SMILES string of the molecule is Fc1ccc(C2(C(F)(F)F)C=C2c2ccccc2)cc1. The first-order chi connectivity index (χ1) is 9.45. The Morgan fingerprint density at radius 1 is 0.800 bits per heavy atom. The Kier molecular flexibility index (Phi) is 2.71. The highest BCUT2D eigenvalue weighted by molar-refractivity contribution is 5.92. The third-order valence-corrected chi connectivity index (χ3v) is 3.53. The number of benzene rings is 2. The standard InChI is InChI=1S/C16H10F4/c17-13-8-6-12(7-9-13)15(16(18,19)20)10-14(15)11-4-2-1-3-5-11/h1-10H. The second kappa shape index (κ2) is 4.20. The molecule has 1 atom stereocenters. The number of rotatable bonds is 2. The zero-order valence-corrected chi connectivity index (χ0v) is 10.3. The molecule has 0 spiro atoms. The minimum atomic E-state index is -4.43. The first-order valence-electron chi connectivity index (χ1n) is 6.07. The van der Waals surface area contributed by atoms with E-state index in [1.807, 2.05) is 0 Å². The van der Waals surface area contributed by atoms with Gasteiger partial charge in [-0.25, -0.2) is 4.39 Å². The minimum Gasteiger partial charge on any atom is -0.207 e. The van der Waals surface area contributed by atoms with Crippen LogP contribution < -0.4 is 0 Å². The molecule has 0 N–H and O–H groups in total. The molecule has 3 rings (SSSR count). The molecule has 2 aromatic carbocycles. The summed E-state index contributed by atoms with van der Waals surface area (Å²) in [5.41, 5.74) is -1.28. The lowest BCUT2D eigenvalue weighted by Crippen LogP contribution is -2.31. The summed E-state index contributed by atoms with van der Waals surface area (Å²) in [5.74, 6) is -0.548. The molecule has 0 nitrogen and oxygen atoms in total. The summed E-state index contributed by atoms with van der Waals surface area (Å²) in [6.45, 7) is 0. The van der Waals surface area contributed by atoms with Gasteiger partial charge in [-0.15, -0.1) is 0 Å².